The first kappa shape index (κ1) is 25.7. The van der Waals surface area contributed by atoms with E-state index in [4.69, 9.17) is 4.99 Å². The molecule has 164 valence electrons. The Labute approximate surface area is 194 Å². The first-order valence-electron chi connectivity index (χ1n) is 10.7. The topological polar surface area (TPSA) is 47.9 Å². The second-order valence-corrected chi connectivity index (χ2v) is 8.47. The molecule has 1 atom stereocenters. The maximum absolute atomic E-state index is 12.2. The summed E-state index contributed by atoms with van der Waals surface area (Å²) in [4.78, 5) is 21.1. The Hall–Kier alpha value is -1.31. The van der Waals surface area contributed by atoms with Gasteiger partial charge in [0.2, 0.25) is 0 Å². The normalized spacial score (nSPS) is 19.5. The summed E-state index contributed by atoms with van der Waals surface area (Å²) < 4.78 is 0. The van der Waals surface area contributed by atoms with E-state index in [1.165, 1.54) is 25.7 Å². The minimum Gasteiger partial charge on any atom is -0.357 e. The van der Waals surface area contributed by atoms with E-state index in [1.807, 2.05) is 18.2 Å². The van der Waals surface area contributed by atoms with E-state index in [-0.39, 0.29) is 29.9 Å². The number of nitrogens with zero attached hydrogens (tertiary/aromatic N) is 3. The molecular weight excluding hydrogens is 475 g/mol. The Morgan fingerprint density at radius 1 is 1.31 bits per heavy atom. The summed E-state index contributed by atoms with van der Waals surface area (Å²) in [5.74, 6) is 1.08. The molecule has 0 aromatic heterocycles. The monoisotopic (exact) mass is 514 g/mol. The van der Waals surface area contributed by atoms with Crippen LogP contribution in [0.25, 0.3) is 0 Å². The van der Waals surface area contributed by atoms with Crippen molar-refractivity contribution in [2.45, 2.75) is 52.9 Å². The Balaban J connectivity index is 0.00000420. The molecular formula is C23H39IN4O. The van der Waals surface area contributed by atoms with Crippen molar-refractivity contribution in [3.8, 4) is 0 Å². The highest BCUT2D eigenvalue weighted by Crippen LogP contribution is 2.33. The molecule has 0 radical (unpaired) electrons. The van der Waals surface area contributed by atoms with Gasteiger partial charge in [-0.25, -0.2) is 0 Å². The van der Waals surface area contributed by atoms with Gasteiger partial charge >= 0.3 is 0 Å². The van der Waals surface area contributed by atoms with Crippen molar-refractivity contribution < 1.29 is 4.79 Å². The molecule has 1 unspecified atom stereocenters. The van der Waals surface area contributed by atoms with Crippen LogP contribution in [0.3, 0.4) is 0 Å². The van der Waals surface area contributed by atoms with E-state index in [1.54, 1.807) is 19.0 Å². The van der Waals surface area contributed by atoms with Crippen LogP contribution in [-0.2, 0) is 6.42 Å². The van der Waals surface area contributed by atoms with Gasteiger partial charge in [-0.1, -0.05) is 32.4 Å². The van der Waals surface area contributed by atoms with Gasteiger partial charge in [-0.2, -0.15) is 0 Å². The van der Waals surface area contributed by atoms with Crippen molar-refractivity contribution in [3.05, 3.63) is 35.4 Å². The first-order chi connectivity index (χ1) is 13.4. The molecule has 1 aromatic carbocycles. The molecule has 5 nitrogen and oxygen atoms in total. The number of benzene rings is 1. The molecule has 1 aromatic rings. The molecule has 0 spiro atoms. The SMILES string of the molecule is CCCC1(C)CCCN(C(=NCCc2cccc(C(=O)N(C)C)c2)NCC)C1.I. The van der Waals surface area contributed by atoms with E-state index in [9.17, 15) is 4.79 Å². The maximum atomic E-state index is 12.2. The maximum Gasteiger partial charge on any atom is 0.253 e. The van der Waals surface area contributed by atoms with E-state index >= 15 is 0 Å². The van der Waals surface area contributed by atoms with Gasteiger partial charge in [-0.15, -0.1) is 24.0 Å². The van der Waals surface area contributed by atoms with Crippen LogP contribution >= 0.6 is 24.0 Å². The highest BCUT2D eigenvalue weighted by Gasteiger charge is 2.31. The van der Waals surface area contributed by atoms with Crippen LogP contribution in [0.2, 0.25) is 0 Å². The largest absolute Gasteiger partial charge is 0.357 e. The smallest absolute Gasteiger partial charge is 0.253 e. The molecule has 1 N–H and O–H groups in total. The molecule has 1 heterocycles. The molecule has 1 amide bonds. The number of guanidine groups is 1. The number of carbonyl (C=O) groups is 1. The lowest BCUT2D eigenvalue weighted by molar-refractivity contribution is 0.0827. The second kappa shape index (κ2) is 12.4. The average molecular weight is 514 g/mol. The molecule has 29 heavy (non-hydrogen) atoms. The fourth-order valence-electron chi connectivity index (χ4n) is 4.14. The number of aliphatic imine (C=N–C) groups is 1. The molecule has 2 rings (SSSR count). The number of nitrogens with one attached hydrogen (secondary N) is 1. The molecule has 1 aliphatic heterocycles. The van der Waals surface area contributed by atoms with Crippen LogP contribution in [0.4, 0.5) is 0 Å². The zero-order valence-electron chi connectivity index (χ0n) is 18.8. The molecule has 0 aliphatic carbocycles. The van der Waals surface area contributed by atoms with Crippen molar-refractivity contribution >= 4 is 35.8 Å². The number of piperidine rings is 1. The quantitative estimate of drug-likeness (QED) is 0.333. The Morgan fingerprint density at radius 3 is 2.72 bits per heavy atom. The number of rotatable bonds is 7. The number of hydrogen-bond donors (Lipinski definition) is 1. The van der Waals surface area contributed by atoms with Crippen molar-refractivity contribution in [2.75, 3.05) is 40.3 Å². The lowest BCUT2D eigenvalue weighted by atomic mass is 9.78. The summed E-state index contributed by atoms with van der Waals surface area (Å²) in [6.07, 6.45) is 5.89. The minimum atomic E-state index is 0. The Bertz CT molecular complexity index is 673. The fraction of sp³-hybridized carbons (Fsp3) is 0.652. The van der Waals surface area contributed by atoms with Gasteiger partial charge < -0.3 is 15.1 Å². The van der Waals surface area contributed by atoms with Gasteiger partial charge in [-0.3, -0.25) is 9.79 Å². The molecule has 6 heteroatoms. The lowest BCUT2D eigenvalue weighted by Gasteiger charge is -2.42. The van der Waals surface area contributed by atoms with Crippen LogP contribution < -0.4 is 5.32 Å². The van der Waals surface area contributed by atoms with Gasteiger partial charge in [0.15, 0.2) is 5.96 Å². The predicted molar refractivity (Wildman–Crippen MR) is 133 cm³/mol. The summed E-state index contributed by atoms with van der Waals surface area (Å²) in [6, 6.07) is 7.90. The van der Waals surface area contributed by atoms with E-state index in [2.05, 4.69) is 37.1 Å². The van der Waals surface area contributed by atoms with E-state index < -0.39 is 0 Å². The van der Waals surface area contributed by atoms with Gasteiger partial charge in [0.05, 0.1) is 0 Å². The summed E-state index contributed by atoms with van der Waals surface area (Å²) >= 11 is 0. The third-order valence-electron chi connectivity index (χ3n) is 5.51. The second-order valence-electron chi connectivity index (χ2n) is 8.47. The highest BCUT2D eigenvalue weighted by molar-refractivity contribution is 14.0. The molecule has 1 aliphatic rings. The zero-order valence-corrected chi connectivity index (χ0v) is 21.2. The summed E-state index contributed by atoms with van der Waals surface area (Å²) in [7, 11) is 3.57. The molecule has 0 saturated carbocycles. The van der Waals surface area contributed by atoms with Crippen molar-refractivity contribution in [1.82, 2.24) is 15.1 Å². The Kier molecular flexibility index (Phi) is 11.0. The zero-order chi connectivity index (χ0) is 20.6. The fourth-order valence-corrected chi connectivity index (χ4v) is 4.14. The van der Waals surface area contributed by atoms with Crippen LogP contribution in [0.1, 0.15) is 62.4 Å². The minimum absolute atomic E-state index is 0. The number of carbonyl (C=O) groups excluding carboxylic acids is 1. The standard InChI is InChI=1S/C23H38N4O.HI/c1-6-13-23(3)14-9-16-27(18-23)22(24-7-2)25-15-12-19-10-8-11-20(17-19)21(28)26(4)5;/h8,10-11,17H,6-7,9,12-16,18H2,1-5H3,(H,24,25);1H. The highest BCUT2D eigenvalue weighted by atomic mass is 127. The van der Waals surface area contributed by atoms with Crippen LogP contribution in [0.15, 0.2) is 29.3 Å². The number of amides is 1. The summed E-state index contributed by atoms with van der Waals surface area (Å²) in [6.45, 7) is 10.6. The third kappa shape index (κ3) is 7.79. The van der Waals surface area contributed by atoms with Gasteiger partial charge in [0.25, 0.3) is 5.91 Å². The van der Waals surface area contributed by atoms with E-state index in [0.29, 0.717) is 5.41 Å². The third-order valence-corrected chi connectivity index (χ3v) is 5.51. The van der Waals surface area contributed by atoms with Crippen molar-refractivity contribution in [3.63, 3.8) is 0 Å². The number of hydrogen-bond acceptors (Lipinski definition) is 2. The molecule has 0 bridgehead atoms. The lowest BCUT2D eigenvalue weighted by Crippen LogP contribution is -2.49. The summed E-state index contributed by atoms with van der Waals surface area (Å²) in [5.41, 5.74) is 2.29. The average Bonchev–Trinajstić information content (AvgIpc) is 2.67. The molecule has 1 saturated heterocycles. The predicted octanol–water partition coefficient (Wildman–Crippen LogP) is 4.42. The van der Waals surface area contributed by atoms with Crippen molar-refractivity contribution in [2.24, 2.45) is 10.4 Å². The van der Waals surface area contributed by atoms with Gasteiger partial charge in [0, 0.05) is 45.8 Å². The molecule has 1 fully saturated rings. The van der Waals surface area contributed by atoms with Gasteiger partial charge in [-0.05, 0) is 55.7 Å². The summed E-state index contributed by atoms with van der Waals surface area (Å²) in [5, 5.41) is 3.48. The number of halogens is 1. The number of likely N-dealkylation sites (tertiary alicyclic amines) is 1. The van der Waals surface area contributed by atoms with Gasteiger partial charge in [0.1, 0.15) is 0 Å². The first-order valence-corrected chi connectivity index (χ1v) is 10.7. The van der Waals surface area contributed by atoms with Crippen LogP contribution in [-0.4, -0.2) is 61.9 Å². The van der Waals surface area contributed by atoms with E-state index in [0.717, 1.165) is 49.7 Å². The van der Waals surface area contributed by atoms with Crippen LogP contribution in [0, 0.1) is 5.41 Å². The Morgan fingerprint density at radius 2 is 2.07 bits per heavy atom. The van der Waals surface area contributed by atoms with Crippen molar-refractivity contribution in [1.29, 1.82) is 0 Å². The van der Waals surface area contributed by atoms with Crippen LogP contribution in [0.5, 0.6) is 0 Å².